The molecule has 0 aliphatic heterocycles. The van der Waals surface area contributed by atoms with Gasteiger partial charge in [-0.25, -0.2) is 0 Å². The molecule has 1 aliphatic rings. The molecule has 1 aliphatic carbocycles. The molecule has 19 heavy (non-hydrogen) atoms. The summed E-state index contributed by atoms with van der Waals surface area (Å²) in [5.74, 6) is -0.244. The fourth-order valence-corrected chi connectivity index (χ4v) is 1.82. The third-order valence-corrected chi connectivity index (χ3v) is 3.15. The van der Waals surface area contributed by atoms with E-state index in [1.807, 2.05) is 6.92 Å². The van der Waals surface area contributed by atoms with Gasteiger partial charge in [-0.1, -0.05) is 0 Å². The van der Waals surface area contributed by atoms with Crippen molar-refractivity contribution in [1.82, 2.24) is 10.3 Å². The van der Waals surface area contributed by atoms with Crippen molar-refractivity contribution in [2.45, 2.75) is 32.0 Å². The Bertz CT molecular complexity index is 547. The molecule has 1 aromatic rings. The van der Waals surface area contributed by atoms with E-state index in [-0.39, 0.29) is 11.6 Å². The Morgan fingerprint density at radius 1 is 1.42 bits per heavy atom. The Morgan fingerprint density at radius 2 is 2.05 bits per heavy atom. The van der Waals surface area contributed by atoms with E-state index >= 15 is 0 Å². The molecule has 1 unspecified atom stereocenters. The first-order valence-electron chi connectivity index (χ1n) is 5.90. The summed E-state index contributed by atoms with van der Waals surface area (Å²) < 4.78 is 37.1. The Kier molecular flexibility index (Phi) is 3.38. The Morgan fingerprint density at radius 3 is 2.53 bits per heavy atom. The van der Waals surface area contributed by atoms with Gasteiger partial charge in [0.15, 0.2) is 0 Å². The van der Waals surface area contributed by atoms with Gasteiger partial charge in [-0.05, 0) is 37.8 Å². The summed E-state index contributed by atoms with van der Waals surface area (Å²) in [6.07, 6.45) is -2.59. The van der Waals surface area contributed by atoms with Crippen LogP contribution in [0.5, 0.6) is 0 Å². The summed E-state index contributed by atoms with van der Waals surface area (Å²) >= 11 is 0. The molecule has 1 saturated carbocycles. The number of nitrogens with one attached hydrogen (secondary N) is 2. The first-order chi connectivity index (χ1) is 8.79. The highest BCUT2D eigenvalue weighted by atomic mass is 19.4. The summed E-state index contributed by atoms with van der Waals surface area (Å²) in [4.78, 5) is 24.9. The minimum Gasteiger partial charge on any atom is -0.349 e. The number of halogens is 3. The lowest BCUT2D eigenvalue weighted by Gasteiger charge is -2.12. The van der Waals surface area contributed by atoms with Gasteiger partial charge in [0.1, 0.15) is 11.3 Å². The van der Waals surface area contributed by atoms with Crippen LogP contribution < -0.4 is 10.9 Å². The zero-order chi connectivity index (χ0) is 14.2. The van der Waals surface area contributed by atoms with E-state index in [9.17, 15) is 22.8 Å². The molecular weight excluding hydrogens is 261 g/mol. The van der Waals surface area contributed by atoms with Crippen molar-refractivity contribution in [2.75, 3.05) is 0 Å². The van der Waals surface area contributed by atoms with Crippen LogP contribution in [0.2, 0.25) is 0 Å². The maximum Gasteiger partial charge on any atom is 0.431 e. The molecule has 0 spiro atoms. The van der Waals surface area contributed by atoms with Crippen LogP contribution in [0.3, 0.4) is 0 Å². The monoisotopic (exact) mass is 274 g/mol. The maximum absolute atomic E-state index is 12.4. The summed E-state index contributed by atoms with van der Waals surface area (Å²) in [6, 6.07) is 1.52. The molecule has 104 valence electrons. The highest BCUT2D eigenvalue weighted by molar-refractivity contribution is 5.94. The Labute approximate surface area is 107 Å². The smallest absolute Gasteiger partial charge is 0.349 e. The summed E-state index contributed by atoms with van der Waals surface area (Å²) in [6.45, 7) is 1.81. The number of aromatic nitrogens is 1. The molecule has 7 heteroatoms. The van der Waals surface area contributed by atoms with Crippen LogP contribution in [0.4, 0.5) is 13.2 Å². The van der Waals surface area contributed by atoms with E-state index in [2.05, 4.69) is 5.32 Å². The van der Waals surface area contributed by atoms with Gasteiger partial charge in [-0.2, -0.15) is 13.2 Å². The molecule has 0 saturated heterocycles. The molecule has 1 heterocycles. The Balaban J connectivity index is 2.16. The molecule has 0 aromatic carbocycles. The highest BCUT2D eigenvalue weighted by Gasteiger charge is 2.33. The number of carbonyl (C=O) groups is 1. The molecule has 0 radical (unpaired) electrons. The fraction of sp³-hybridized carbons (Fsp3) is 0.500. The van der Waals surface area contributed by atoms with Gasteiger partial charge >= 0.3 is 6.18 Å². The van der Waals surface area contributed by atoms with Crippen molar-refractivity contribution in [1.29, 1.82) is 0 Å². The van der Waals surface area contributed by atoms with Gasteiger partial charge in [0.2, 0.25) is 0 Å². The number of aromatic amines is 1. The summed E-state index contributed by atoms with van der Waals surface area (Å²) in [5.41, 5.74) is -2.50. The summed E-state index contributed by atoms with van der Waals surface area (Å²) in [7, 11) is 0. The second kappa shape index (κ2) is 4.71. The predicted molar refractivity (Wildman–Crippen MR) is 61.7 cm³/mol. The lowest BCUT2D eigenvalue weighted by atomic mass is 10.2. The zero-order valence-corrected chi connectivity index (χ0v) is 10.2. The standard InChI is InChI=1S/C12H13F3N2O2/c1-6(7-2-3-7)16-10(18)8-4-5-9(12(13,14)15)17-11(8)19/h4-7H,2-3H2,1H3,(H,16,18)(H,17,19). The van der Waals surface area contributed by atoms with Crippen molar-refractivity contribution < 1.29 is 18.0 Å². The molecule has 0 bridgehead atoms. The van der Waals surface area contributed by atoms with Gasteiger partial charge in [0.25, 0.3) is 11.5 Å². The van der Waals surface area contributed by atoms with E-state index in [4.69, 9.17) is 0 Å². The van der Waals surface area contributed by atoms with Crippen molar-refractivity contribution in [3.63, 3.8) is 0 Å². The molecule has 1 aromatic heterocycles. The maximum atomic E-state index is 12.4. The highest BCUT2D eigenvalue weighted by Crippen LogP contribution is 2.32. The van der Waals surface area contributed by atoms with Crippen LogP contribution >= 0.6 is 0 Å². The van der Waals surface area contributed by atoms with Gasteiger partial charge in [0.05, 0.1) is 0 Å². The number of H-pyrrole nitrogens is 1. The van der Waals surface area contributed by atoms with Gasteiger partial charge in [-0.15, -0.1) is 0 Å². The quantitative estimate of drug-likeness (QED) is 0.884. The van der Waals surface area contributed by atoms with Crippen LogP contribution in [0, 0.1) is 5.92 Å². The molecule has 1 amide bonds. The second-order valence-corrected chi connectivity index (χ2v) is 4.71. The second-order valence-electron chi connectivity index (χ2n) is 4.71. The zero-order valence-electron chi connectivity index (χ0n) is 10.2. The molecular formula is C12H13F3N2O2. The number of amides is 1. The van der Waals surface area contributed by atoms with Crippen LogP contribution in [0.1, 0.15) is 35.8 Å². The predicted octanol–water partition coefficient (Wildman–Crippen LogP) is 1.92. The average molecular weight is 274 g/mol. The third kappa shape index (κ3) is 3.15. The number of alkyl halides is 3. The van der Waals surface area contributed by atoms with E-state index in [0.717, 1.165) is 18.9 Å². The van der Waals surface area contributed by atoms with Gasteiger partial charge in [0, 0.05) is 6.04 Å². The first kappa shape index (κ1) is 13.6. The van der Waals surface area contributed by atoms with E-state index < -0.39 is 23.3 Å². The molecule has 2 rings (SSSR count). The van der Waals surface area contributed by atoms with Gasteiger partial charge < -0.3 is 10.3 Å². The third-order valence-electron chi connectivity index (χ3n) is 3.15. The van der Waals surface area contributed by atoms with Crippen molar-refractivity contribution in [3.05, 3.63) is 33.7 Å². The van der Waals surface area contributed by atoms with Crippen LogP contribution in [-0.2, 0) is 6.18 Å². The van der Waals surface area contributed by atoms with Crippen LogP contribution in [0.15, 0.2) is 16.9 Å². The SMILES string of the molecule is CC(NC(=O)c1ccc(C(F)(F)F)[nH]c1=O)C1CC1. The van der Waals surface area contributed by atoms with Crippen LogP contribution in [0.25, 0.3) is 0 Å². The number of carbonyl (C=O) groups excluding carboxylic acids is 1. The number of rotatable bonds is 3. The van der Waals surface area contributed by atoms with E-state index in [1.165, 1.54) is 0 Å². The molecule has 4 nitrogen and oxygen atoms in total. The topological polar surface area (TPSA) is 62.0 Å². The van der Waals surface area contributed by atoms with Crippen molar-refractivity contribution in [3.8, 4) is 0 Å². The normalized spacial score (nSPS) is 17.1. The molecule has 2 N–H and O–H groups in total. The average Bonchev–Trinajstić information content (AvgIpc) is 3.10. The summed E-state index contributed by atoms with van der Waals surface area (Å²) in [5, 5.41) is 2.62. The number of pyridine rings is 1. The molecule has 1 atom stereocenters. The van der Waals surface area contributed by atoms with Gasteiger partial charge in [-0.3, -0.25) is 9.59 Å². The lowest BCUT2D eigenvalue weighted by Crippen LogP contribution is -2.37. The minimum atomic E-state index is -4.63. The van der Waals surface area contributed by atoms with Crippen molar-refractivity contribution >= 4 is 5.91 Å². The molecule has 1 fully saturated rings. The van der Waals surface area contributed by atoms with E-state index in [0.29, 0.717) is 12.0 Å². The minimum absolute atomic E-state index is 0.0748. The van der Waals surface area contributed by atoms with Crippen LogP contribution in [-0.4, -0.2) is 16.9 Å². The lowest BCUT2D eigenvalue weighted by molar-refractivity contribution is -0.141. The van der Waals surface area contributed by atoms with E-state index in [1.54, 1.807) is 4.98 Å². The largest absolute Gasteiger partial charge is 0.431 e. The fourth-order valence-electron chi connectivity index (χ4n) is 1.82. The van der Waals surface area contributed by atoms with Crippen molar-refractivity contribution in [2.24, 2.45) is 5.92 Å². The Hall–Kier alpha value is -1.79. The number of hydrogen-bond acceptors (Lipinski definition) is 2. The first-order valence-corrected chi connectivity index (χ1v) is 5.90. The number of hydrogen-bond donors (Lipinski definition) is 2.